The van der Waals surface area contributed by atoms with E-state index >= 15 is 0 Å². The van der Waals surface area contributed by atoms with E-state index in [-0.39, 0.29) is 29.9 Å². The second kappa shape index (κ2) is 11.2. The number of amides is 1. The molecular formula is C23H36IN5O. The number of piperazine rings is 1. The first-order chi connectivity index (χ1) is 14.2. The lowest BCUT2D eigenvalue weighted by molar-refractivity contribution is -0.131. The predicted molar refractivity (Wildman–Crippen MR) is 134 cm³/mol. The maximum absolute atomic E-state index is 12.7. The van der Waals surface area contributed by atoms with Crippen LogP contribution in [0.5, 0.6) is 0 Å². The van der Waals surface area contributed by atoms with Crippen molar-refractivity contribution in [2.45, 2.75) is 32.1 Å². The van der Waals surface area contributed by atoms with Gasteiger partial charge in [0.1, 0.15) is 0 Å². The van der Waals surface area contributed by atoms with Crippen LogP contribution in [0.3, 0.4) is 0 Å². The average molecular weight is 525 g/mol. The number of rotatable bonds is 4. The van der Waals surface area contributed by atoms with Crippen molar-refractivity contribution in [2.75, 3.05) is 57.8 Å². The third-order valence-electron chi connectivity index (χ3n) is 6.86. The first-order valence-electron chi connectivity index (χ1n) is 11.3. The van der Waals surface area contributed by atoms with Crippen molar-refractivity contribution < 1.29 is 4.79 Å². The Morgan fingerprint density at radius 1 is 1.00 bits per heavy atom. The molecule has 4 rings (SSSR count). The molecule has 30 heavy (non-hydrogen) atoms. The van der Waals surface area contributed by atoms with Gasteiger partial charge in [-0.25, -0.2) is 0 Å². The fraction of sp³-hybridized carbons (Fsp3) is 0.652. The van der Waals surface area contributed by atoms with Crippen LogP contribution < -0.4 is 10.2 Å². The summed E-state index contributed by atoms with van der Waals surface area (Å²) in [6.07, 6.45) is 6.03. The van der Waals surface area contributed by atoms with E-state index in [4.69, 9.17) is 0 Å². The molecular weight excluding hydrogens is 489 g/mol. The van der Waals surface area contributed by atoms with E-state index in [0.29, 0.717) is 13.0 Å². The normalized spacial score (nSPS) is 24.3. The van der Waals surface area contributed by atoms with E-state index < -0.39 is 0 Å². The number of benzene rings is 1. The van der Waals surface area contributed by atoms with E-state index in [1.165, 1.54) is 31.4 Å². The maximum atomic E-state index is 12.7. The maximum Gasteiger partial charge on any atom is 0.224 e. The summed E-state index contributed by atoms with van der Waals surface area (Å²) in [4.78, 5) is 23.9. The van der Waals surface area contributed by atoms with Crippen LogP contribution >= 0.6 is 24.0 Å². The average Bonchev–Trinajstić information content (AvgIpc) is 3.21. The number of carbonyl (C=O) groups is 1. The number of nitrogens with zero attached hydrogens (tertiary/aromatic N) is 4. The Bertz CT molecular complexity index is 691. The minimum absolute atomic E-state index is 0. The monoisotopic (exact) mass is 525 g/mol. The highest BCUT2D eigenvalue weighted by Gasteiger charge is 2.35. The van der Waals surface area contributed by atoms with E-state index in [9.17, 15) is 4.79 Å². The van der Waals surface area contributed by atoms with Gasteiger partial charge in [-0.2, -0.15) is 0 Å². The molecule has 1 aromatic rings. The lowest BCUT2D eigenvalue weighted by atomic mass is 9.82. The van der Waals surface area contributed by atoms with Crippen molar-refractivity contribution >= 4 is 41.5 Å². The van der Waals surface area contributed by atoms with Gasteiger partial charge in [-0.15, -0.1) is 24.0 Å². The lowest BCUT2D eigenvalue weighted by Gasteiger charge is -2.36. The molecule has 2 atom stereocenters. The number of fused-ring (bicyclic) bond motifs is 1. The van der Waals surface area contributed by atoms with Crippen LogP contribution in [0.25, 0.3) is 0 Å². The fourth-order valence-corrected chi connectivity index (χ4v) is 5.20. The second-order valence-electron chi connectivity index (χ2n) is 8.64. The first kappa shape index (κ1) is 23.2. The number of anilines is 1. The highest BCUT2D eigenvalue weighted by Crippen LogP contribution is 2.35. The van der Waals surface area contributed by atoms with Gasteiger partial charge in [-0.3, -0.25) is 9.79 Å². The van der Waals surface area contributed by atoms with Gasteiger partial charge in [0, 0.05) is 65.0 Å². The van der Waals surface area contributed by atoms with Gasteiger partial charge in [-0.05, 0) is 36.8 Å². The Kier molecular flexibility index (Phi) is 8.65. The number of nitrogens with one attached hydrogen (secondary N) is 1. The highest BCUT2D eigenvalue weighted by atomic mass is 127. The molecule has 1 saturated carbocycles. The third-order valence-corrected chi connectivity index (χ3v) is 6.86. The molecule has 2 heterocycles. The summed E-state index contributed by atoms with van der Waals surface area (Å²) < 4.78 is 0. The number of guanidine groups is 1. The van der Waals surface area contributed by atoms with Crippen molar-refractivity contribution in [3.8, 4) is 0 Å². The summed E-state index contributed by atoms with van der Waals surface area (Å²) in [5.74, 6) is 2.89. The predicted octanol–water partition coefficient (Wildman–Crippen LogP) is 3.04. The Hall–Kier alpha value is -1.51. The fourth-order valence-electron chi connectivity index (χ4n) is 5.20. The highest BCUT2D eigenvalue weighted by molar-refractivity contribution is 14.0. The van der Waals surface area contributed by atoms with Gasteiger partial charge >= 0.3 is 0 Å². The number of carbonyl (C=O) groups excluding carboxylic acids is 1. The van der Waals surface area contributed by atoms with Crippen LogP contribution in [0.4, 0.5) is 5.69 Å². The van der Waals surface area contributed by atoms with Crippen molar-refractivity contribution in [1.82, 2.24) is 15.1 Å². The smallest absolute Gasteiger partial charge is 0.224 e. The molecule has 2 aliphatic heterocycles. The molecule has 3 aliphatic rings. The topological polar surface area (TPSA) is 51.2 Å². The summed E-state index contributed by atoms with van der Waals surface area (Å²) in [6.45, 7) is 6.33. The number of halogens is 1. The van der Waals surface area contributed by atoms with Crippen molar-refractivity contribution in [3.63, 3.8) is 0 Å². The molecule has 0 radical (unpaired) electrons. The molecule has 0 aromatic heterocycles. The van der Waals surface area contributed by atoms with Gasteiger partial charge in [0.15, 0.2) is 5.96 Å². The molecule has 1 amide bonds. The van der Waals surface area contributed by atoms with Crippen LogP contribution in [0.1, 0.15) is 32.1 Å². The van der Waals surface area contributed by atoms with Gasteiger partial charge in [0.25, 0.3) is 0 Å². The Morgan fingerprint density at radius 2 is 1.63 bits per heavy atom. The van der Waals surface area contributed by atoms with E-state index in [0.717, 1.165) is 57.1 Å². The molecule has 1 N–H and O–H groups in total. The number of likely N-dealkylation sites (tertiary alicyclic amines) is 1. The van der Waals surface area contributed by atoms with Crippen LogP contribution in [0, 0.1) is 11.8 Å². The van der Waals surface area contributed by atoms with Gasteiger partial charge < -0.3 is 20.0 Å². The lowest BCUT2D eigenvalue weighted by Crippen LogP contribution is -2.49. The van der Waals surface area contributed by atoms with Gasteiger partial charge in [0.2, 0.25) is 5.91 Å². The summed E-state index contributed by atoms with van der Waals surface area (Å²) in [7, 11) is 1.86. The van der Waals surface area contributed by atoms with Crippen molar-refractivity contribution in [3.05, 3.63) is 30.3 Å². The zero-order valence-corrected chi connectivity index (χ0v) is 20.5. The largest absolute Gasteiger partial charge is 0.368 e. The van der Waals surface area contributed by atoms with Gasteiger partial charge in [-0.1, -0.05) is 31.0 Å². The number of para-hydroxylation sites is 1. The second-order valence-corrected chi connectivity index (χ2v) is 8.64. The number of hydrogen-bond acceptors (Lipinski definition) is 3. The molecule has 0 spiro atoms. The minimum Gasteiger partial charge on any atom is -0.368 e. The zero-order valence-electron chi connectivity index (χ0n) is 18.1. The molecule has 7 heteroatoms. The van der Waals surface area contributed by atoms with Crippen LogP contribution in [-0.2, 0) is 4.79 Å². The van der Waals surface area contributed by atoms with E-state index in [2.05, 4.69) is 44.4 Å². The molecule has 0 bridgehead atoms. The molecule has 1 aromatic carbocycles. The zero-order chi connectivity index (χ0) is 20.1. The molecule has 1 aliphatic carbocycles. The van der Waals surface area contributed by atoms with E-state index in [1.54, 1.807) is 0 Å². The minimum atomic E-state index is 0. The Labute approximate surface area is 198 Å². The molecule has 2 unspecified atom stereocenters. The van der Waals surface area contributed by atoms with Crippen LogP contribution in [0.2, 0.25) is 0 Å². The molecule has 6 nitrogen and oxygen atoms in total. The summed E-state index contributed by atoms with van der Waals surface area (Å²) in [6, 6.07) is 10.5. The van der Waals surface area contributed by atoms with Crippen LogP contribution in [-0.4, -0.2) is 74.5 Å². The molecule has 2 saturated heterocycles. The van der Waals surface area contributed by atoms with E-state index in [1.807, 2.05) is 18.0 Å². The van der Waals surface area contributed by atoms with Crippen molar-refractivity contribution in [2.24, 2.45) is 16.8 Å². The first-order valence-corrected chi connectivity index (χ1v) is 11.3. The summed E-state index contributed by atoms with van der Waals surface area (Å²) in [5, 5.41) is 3.44. The van der Waals surface area contributed by atoms with Gasteiger partial charge in [0.05, 0.1) is 0 Å². The summed E-state index contributed by atoms with van der Waals surface area (Å²) in [5.41, 5.74) is 1.25. The summed E-state index contributed by atoms with van der Waals surface area (Å²) >= 11 is 0. The number of aliphatic imine (C=N–C) groups is 1. The molecule has 3 fully saturated rings. The quantitative estimate of drug-likeness (QED) is 0.373. The van der Waals surface area contributed by atoms with Crippen molar-refractivity contribution in [1.29, 1.82) is 0 Å². The Morgan fingerprint density at radius 3 is 2.23 bits per heavy atom. The third kappa shape index (κ3) is 5.59. The number of hydrogen-bond donors (Lipinski definition) is 1. The molecule has 166 valence electrons. The van der Waals surface area contributed by atoms with Crippen LogP contribution in [0.15, 0.2) is 35.3 Å². The standard InChI is InChI=1S/C23H35N5O.HI/c1-24-23(28-17-19-7-5-6-8-20(19)18-28)25-12-11-22(29)27-15-13-26(14-16-27)21-9-3-2-4-10-21;/h2-4,9-10,19-20H,5-8,11-18H2,1H3,(H,24,25);1H. The Balaban J connectivity index is 0.00000256. The SMILES string of the molecule is CN=C(NCCC(=O)N1CCN(c2ccccc2)CC1)N1CC2CCCCC2C1.I.